The van der Waals surface area contributed by atoms with Crippen LogP contribution in [-0.2, 0) is 6.54 Å². The van der Waals surface area contributed by atoms with E-state index < -0.39 is 0 Å². The normalized spacial score (nSPS) is 18.7. The summed E-state index contributed by atoms with van der Waals surface area (Å²) in [4.78, 5) is 4.33. The van der Waals surface area contributed by atoms with Gasteiger partial charge in [0.25, 0.3) is 0 Å². The van der Waals surface area contributed by atoms with Gasteiger partial charge in [0.15, 0.2) is 0 Å². The van der Waals surface area contributed by atoms with Crippen molar-refractivity contribution in [2.75, 3.05) is 6.54 Å². The predicted molar refractivity (Wildman–Crippen MR) is 75.4 cm³/mol. The fourth-order valence-electron chi connectivity index (χ4n) is 3.18. The van der Waals surface area contributed by atoms with Crippen molar-refractivity contribution in [1.82, 2.24) is 9.55 Å². The third-order valence-corrected chi connectivity index (χ3v) is 4.44. The van der Waals surface area contributed by atoms with Crippen LogP contribution in [0.5, 0.6) is 0 Å². The van der Waals surface area contributed by atoms with E-state index in [1.54, 1.807) is 0 Å². The molecule has 2 N–H and O–H groups in total. The molecule has 18 heavy (non-hydrogen) atoms. The van der Waals surface area contributed by atoms with E-state index in [9.17, 15) is 0 Å². The molecule has 0 radical (unpaired) electrons. The molecule has 2 rings (SSSR count). The molecule has 1 atom stereocenters. The summed E-state index contributed by atoms with van der Waals surface area (Å²) < 4.78 is 2.33. The number of nitrogens with two attached hydrogens (primary N) is 1. The smallest absolute Gasteiger partial charge is 0.0948 e. The Bertz CT molecular complexity index is 350. The molecule has 1 heterocycles. The van der Waals surface area contributed by atoms with Crippen LogP contribution in [0.3, 0.4) is 0 Å². The van der Waals surface area contributed by atoms with Gasteiger partial charge in [-0.05, 0) is 18.3 Å². The lowest BCUT2D eigenvalue weighted by Crippen LogP contribution is -2.21. The van der Waals surface area contributed by atoms with Crippen molar-refractivity contribution in [3.05, 3.63) is 18.2 Å². The van der Waals surface area contributed by atoms with E-state index in [4.69, 9.17) is 5.73 Å². The number of hydrogen-bond acceptors (Lipinski definition) is 2. The van der Waals surface area contributed by atoms with Gasteiger partial charge in [0, 0.05) is 30.9 Å². The summed E-state index contributed by atoms with van der Waals surface area (Å²) in [5.74, 6) is 1.96. The quantitative estimate of drug-likeness (QED) is 0.841. The molecule has 1 aliphatic rings. The molecule has 1 unspecified atom stereocenters. The highest BCUT2D eigenvalue weighted by Gasteiger charge is 2.19. The van der Waals surface area contributed by atoms with Gasteiger partial charge in [-0.25, -0.2) is 4.98 Å². The van der Waals surface area contributed by atoms with Crippen molar-refractivity contribution in [1.29, 1.82) is 0 Å². The second-order valence-electron chi connectivity index (χ2n) is 6.04. The Morgan fingerprint density at radius 3 is 2.72 bits per heavy atom. The Kier molecular flexibility index (Phi) is 4.81. The SMILES string of the molecule is CC(C)C(CN)c1cncn1CCC1CCCC1. The number of imidazole rings is 1. The maximum atomic E-state index is 5.91. The van der Waals surface area contributed by atoms with Crippen molar-refractivity contribution in [2.45, 2.75) is 58.4 Å². The molecule has 0 bridgehead atoms. The third kappa shape index (κ3) is 3.14. The Morgan fingerprint density at radius 1 is 1.39 bits per heavy atom. The highest BCUT2D eigenvalue weighted by atomic mass is 15.0. The molecule has 0 saturated heterocycles. The van der Waals surface area contributed by atoms with Gasteiger partial charge in [0.2, 0.25) is 0 Å². The van der Waals surface area contributed by atoms with Gasteiger partial charge in [-0.3, -0.25) is 0 Å². The predicted octanol–water partition coefficient (Wildman–Crippen LogP) is 3.16. The summed E-state index contributed by atoms with van der Waals surface area (Å²) >= 11 is 0. The first kappa shape index (κ1) is 13.6. The number of rotatable bonds is 6. The van der Waals surface area contributed by atoms with Gasteiger partial charge in [-0.1, -0.05) is 39.5 Å². The first-order valence-corrected chi connectivity index (χ1v) is 7.42. The lowest BCUT2D eigenvalue weighted by molar-refractivity contribution is 0.427. The van der Waals surface area contributed by atoms with Crippen LogP contribution in [0.2, 0.25) is 0 Å². The van der Waals surface area contributed by atoms with E-state index in [0.29, 0.717) is 18.4 Å². The van der Waals surface area contributed by atoms with Crippen LogP contribution in [0.1, 0.15) is 57.6 Å². The van der Waals surface area contributed by atoms with E-state index in [1.807, 2.05) is 12.5 Å². The Morgan fingerprint density at radius 2 is 2.11 bits per heavy atom. The average Bonchev–Trinajstić information content (AvgIpc) is 2.97. The van der Waals surface area contributed by atoms with E-state index in [1.165, 1.54) is 37.8 Å². The second-order valence-corrected chi connectivity index (χ2v) is 6.04. The van der Waals surface area contributed by atoms with Crippen LogP contribution in [0.15, 0.2) is 12.5 Å². The van der Waals surface area contributed by atoms with Crippen LogP contribution in [0, 0.1) is 11.8 Å². The first-order valence-electron chi connectivity index (χ1n) is 7.42. The molecule has 0 aromatic carbocycles. The maximum Gasteiger partial charge on any atom is 0.0948 e. The summed E-state index contributed by atoms with van der Waals surface area (Å²) in [7, 11) is 0. The molecule has 3 heteroatoms. The monoisotopic (exact) mass is 249 g/mol. The van der Waals surface area contributed by atoms with Crippen LogP contribution in [-0.4, -0.2) is 16.1 Å². The fourth-order valence-corrected chi connectivity index (χ4v) is 3.18. The first-order chi connectivity index (χ1) is 8.72. The molecule has 0 spiro atoms. The molecule has 0 aliphatic heterocycles. The van der Waals surface area contributed by atoms with E-state index >= 15 is 0 Å². The number of aromatic nitrogens is 2. The molecule has 1 aromatic rings. The summed E-state index contributed by atoms with van der Waals surface area (Å²) in [6.45, 7) is 6.31. The summed E-state index contributed by atoms with van der Waals surface area (Å²) in [5.41, 5.74) is 7.24. The highest BCUT2D eigenvalue weighted by molar-refractivity contribution is 5.08. The minimum Gasteiger partial charge on any atom is -0.334 e. The molecule has 0 amide bonds. The van der Waals surface area contributed by atoms with Crippen molar-refractivity contribution < 1.29 is 0 Å². The topological polar surface area (TPSA) is 43.8 Å². The highest BCUT2D eigenvalue weighted by Crippen LogP contribution is 2.29. The number of hydrogen-bond donors (Lipinski definition) is 1. The number of nitrogens with zero attached hydrogens (tertiary/aromatic N) is 2. The van der Waals surface area contributed by atoms with Gasteiger partial charge < -0.3 is 10.3 Å². The van der Waals surface area contributed by atoms with E-state index in [-0.39, 0.29) is 0 Å². The van der Waals surface area contributed by atoms with Crippen LogP contribution < -0.4 is 5.73 Å². The van der Waals surface area contributed by atoms with Crippen molar-refractivity contribution in [3.8, 4) is 0 Å². The van der Waals surface area contributed by atoms with Crippen LogP contribution >= 0.6 is 0 Å². The zero-order valence-corrected chi connectivity index (χ0v) is 11.8. The molecule has 3 nitrogen and oxygen atoms in total. The average molecular weight is 249 g/mol. The van der Waals surface area contributed by atoms with Crippen molar-refractivity contribution in [2.24, 2.45) is 17.6 Å². The summed E-state index contributed by atoms with van der Waals surface area (Å²) in [5, 5.41) is 0. The minimum atomic E-state index is 0.441. The Hall–Kier alpha value is -0.830. The van der Waals surface area contributed by atoms with Crippen molar-refractivity contribution in [3.63, 3.8) is 0 Å². The fraction of sp³-hybridized carbons (Fsp3) is 0.800. The molecule has 1 fully saturated rings. The van der Waals surface area contributed by atoms with Gasteiger partial charge >= 0.3 is 0 Å². The third-order valence-electron chi connectivity index (χ3n) is 4.44. The summed E-state index contributed by atoms with van der Waals surface area (Å²) in [6, 6.07) is 0. The Balaban J connectivity index is 1.97. The summed E-state index contributed by atoms with van der Waals surface area (Å²) in [6.07, 6.45) is 11.0. The zero-order valence-electron chi connectivity index (χ0n) is 11.8. The van der Waals surface area contributed by atoms with Gasteiger partial charge in [-0.2, -0.15) is 0 Å². The Labute approximate surface area is 111 Å². The lowest BCUT2D eigenvalue weighted by atomic mass is 9.93. The van der Waals surface area contributed by atoms with Gasteiger partial charge in [-0.15, -0.1) is 0 Å². The van der Waals surface area contributed by atoms with Crippen LogP contribution in [0.4, 0.5) is 0 Å². The van der Waals surface area contributed by atoms with E-state index in [2.05, 4.69) is 23.4 Å². The molecular weight excluding hydrogens is 222 g/mol. The van der Waals surface area contributed by atoms with E-state index in [0.717, 1.165) is 12.5 Å². The molecule has 1 saturated carbocycles. The second kappa shape index (κ2) is 6.37. The van der Waals surface area contributed by atoms with Crippen molar-refractivity contribution >= 4 is 0 Å². The van der Waals surface area contributed by atoms with Gasteiger partial charge in [0.05, 0.1) is 6.33 Å². The molecule has 1 aromatic heterocycles. The zero-order chi connectivity index (χ0) is 13.0. The standard InChI is InChI=1S/C15H27N3/c1-12(2)14(9-16)15-10-17-11-18(15)8-7-13-5-3-4-6-13/h10-14H,3-9,16H2,1-2H3. The molecular formula is C15H27N3. The molecule has 102 valence electrons. The van der Waals surface area contributed by atoms with Crippen LogP contribution in [0.25, 0.3) is 0 Å². The largest absolute Gasteiger partial charge is 0.334 e. The minimum absolute atomic E-state index is 0.441. The maximum absolute atomic E-state index is 5.91. The molecule has 1 aliphatic carbocycles. The number of aryl methyl sites for hydroxylation is 1. The lowest BCUT2D eigenvalue weighted by Gasteiger charge is -2.21. The van der Waals surface area contributed by atoms with Gasteiger partial charge in [0.1, 0.15) is 0 Å².